The number of hydrogen-bond donors (Lipinski definition) is 1. The summed E-state index contributed by atoms with van der Waals surface area (Å²) in [7, 11) is 0. The highest BCUT2D eigenvalue weighted by Crippen LogP contribution is 2.31. The minimum atomic E-state index is 0.0116. The smallest absolute Gasteiger partial charge is 0.127 e. The van der Waals surface area contributed by atoms with E-state index < -0.39 is 0 Å². The number of ether oxygens (including phenoxy) is 1. The topological polar surface area (TPSA) is 48.1 Å². The van der Waals surface area contributed by atoms with E-state index in [1.165, 1.54) is 0 Å². The molecular weight excluding hydrogens is 268 g/mol. The van der Waals surface area contributed by atoms with Crippen molar-refractivity contribution in [3.05, 3.63) is 35.1 Å². The van der Waals surface area contributed by atoms with Crippen LogP contribution in [-0.4, -0.2) is 17.6 Å². The molecule has 0 fully saturated rings. The summed E-state index contributed by atoms with van der Waals surface area (Å²) in [5.41, 5.74) is 5.55. The largest absolute Gasteiger partial charge is 0.489 e. The van der Waals surface area contributed by atoms with Crippen molar-refractivity contribution in [3.63, 3.8) is 0 Å². The zero-order valence-corrected chi connectivity index (χ0v) is 10.6. The molecule has 0 radical (unpaired) electrons. The van der Waals surface area contributed by atoms with Gasteiger partial charge in [-0.2, -0.15) is 0 Å². The summed E-state index contributed by atoms with van der Waals surface area (Å²) in [6.45, 7) is 2.46. The number of pyridine rings is 1. The standard InChI is InChI=1S/C12H13BrN2O/c1-8(6-14)16-12-3-2-11(13)10-7-15-5-4-9(10)12/h2-5,7-8H,6,14H2,1H3. The van der Waals surface area contributed by atoms with E-state index in [9.17, 15) is 0 Å². The van der Waals surface area contributed by atoms with E-state index in [1.807, 2.05) is 31.3 Å². The highest BCUT2D eigenvalue weighted by molar-refractivity contribution is 9.10. The third kappa shape index (κ3) is 2.18. The molecule has 1 atom stereocenters. The molecule has 2 N–H and O–H groups in total. The van der Waals surface area contributed by atoms with Gasteiger partial charge in [0.25, 0.3) is 0 Å². The maximum absolute atomic E-state index is 5.76. The first-order chi connectivity index (χ1) is 7.72. The molecule has 2 rings (SSSR count). The van der Waals surface area contributed by atoms with Crippen LogP contribution in [0.5, 0.6) is 5.75 Å². The number of aromatic nitrogens is 1. The Balaban J connectivity index is 2.50. The summed E-state index contributed by atoms with van der Waals surface area (Å²) in [4.78, 5) is 4.10. The fourth-order valence-corrected chi connectivity index (χ4v) is 1.94. The maximum atomic E-state index is 5.76. The summed E-state index contributed by atoms with van der Waals surface area (Å²) >= 11 is 3.49. The van der Waals surface area contributed by atoms with Crippen LogP contribution in [-0.2, 0) is 0 Å². The van der Waals surface area contributed by atoms with Crippen molar-refractivity contribution in [1.82, 2.24) is 4.98 Å². The first kappa shape index (κ1) is 11.4. The molecule has 1 heterocycles. The highest BCUT2D eigenvalue weighted by Gasteiger charge is 2.07. The second-order valence-corrected chi connectivity index (χ2v) is 4.49. The van der Waals surface area contributed by atoms with E-state index in [-0.39, 0.29) is 6.10 Å². The van der Waals surface area contributed by atoms with Gasteiger partial charge in [0.15, 0.2) is 0 Å². The number of benzene rings is 1. The Morgan fingerprint density at radius 1 is 1.38 bits per heavy atom. The molecule has 16 heavy (non-hydrogen) atoms. The normalized spacial score (nSPS) is 12.7. The van der Waals surface area contributed by atoms with Crippen LogP contribution in [0.25, 0.3) is 10.8 Å². The van der Waals surface area contributed by atoms with Crippen molar-refractivity contribution in [2.75, 3.05) is 6.54 Å². The maximum Gasteiger partial charge on any atom is 0.127 e. The van der Waals surface area contributed by atoms with Crippen molar-refractivity contribution in [1.29, 1.82) is 0 Å². The predicted molar refractivity (Wildman–Crippen MR) is 68.6 cm³/mol. The first-order valence-corrected chi connectivity index (χ1v) is 5.90. The average molecular weight is 281 g/mol. The van der Waals surface area contributed by atoms with Crippen LogP contribution < -0.4 is 10.5 Å². The monoisotopic (exact) mass is 280 g/mol. The number of hydrogen-bond acceptors (Lipinski definition) is 3. The van der Waals surface area contributed by atoms with Crippen LogP contribution in [0.2, 0.25) is 0 Å². The summed E-state index contributed by atoms with van der Waals surface area (Å²) in [6, 6.07) is 5.85. The van der Waals surface area contributed by atoms with E-state index >= 15 is 0 Å². The summed E-state index contributed by atoms with van der Waals surface area (Å²) < 4.78 is 6.78. The molecule has 2 aromatic rings. The quantitative estimate of drug-likeness (QED) is 0.941. The Morgan fingerprint density at radius 2 is 2.19 bits per heavy atom. The number of halogens is 1. The molecule has 0 aliphatic heterocycles. The summed E-state index contributed by atoms with van der Waals surface area (Å²) in [5.74, 6) is 0.846. The van der Waals surface area contributed by atoms with Gasteiger partial charge in [0, 0.05) is 34.2 Å². The van der Waals surface area contributed by atoms with Gasteiger partial charge in [-0.05, 0) is 25.1 Å². The van der Waals surface area contributed by atoms with Crippen LogP contribution in [0.4, 0.5) is 0 Å². The Morgan fingerprint density at radius 3 is 2.94 bits per heavy atom. The fraction of sp³-hybridized carbons (Fsp3) is 0.250. The second kappa shape index (κ2) is 4.80. The first-order valence-electron chi connectivity index (χ1n) is 5.11. The van der Waals surface area contributed by atoms with E-state index in [2.05, 4.69) is 20.9 Å². The number of fused-ring (bicyclic) bond motifs is 1. The van der Waals surface area contributed by atoms with Gasteiger partial charge in [0.05, 0.1) is 0 Å². The molecule has 0 aliphatic carbocycles. The predicted octanol–water partition coefficient (Wildman–Crippen LogP) is 2.72. The fourth-order valence-electron chi connectivity index (χ4n) is 1.50. The van der Waals surface area contributed by atoms with Gasteiger partial charge in [-0.25, -0.2) is 0 Å². The van der Waals surface area contributed by atoms with Gasteiger partial charge in [-0.1, -0.05) is 15.9 Å². The van der Waals surface area contributed by atoms with Gasteiger partial charge in [-0.15, -0.1) is 0 Å². The zero-order chi connectivity index (χ0) is 11.5. The third-order valence-corrected chi connectivity index (χ3v) is 3.08. The van der Waals surface area contributed by atoms with Crippen LogP contribution in [0, 0.1) is 0 Å². The third-order valence-electron chi connectivity index (χ3n) is 2.38. The van der Waals surface area contributed by atoms with Crippen LogP contribution in [0.3, 0.4) is 0 Å². The van der Waals surface area contributed by atoms with E-state index in [0.29, 0.717) is 6.54 Å². The Bertz CT molecular complexity index is 501. The van der Waals surface area contributed by atoms with Crippen molar-refractivity contribution in [2.45, 2.75) is 13.0 Å². The number of rotatable bonds is 3. The van der Waals surface area contributed by atoms with Gasteiger partial charge in [0.2, 0.25) is 0 Å². The van der Waals surface area contributed by atoms with Crippen LogP contribution in [0.15, 0.2) is 35.1 Å². The molecule has 1 aromatic carbocycles. The lowest BCUT2D eigenvalue weighted by Crippen LogP contribution is -2.22. The molecule has 0 aliphatic rings. The number of nitrogens with two attached hydrogens (primary N) is 1. The van der Waals surface area contributed by atoms with Gasteiger partial charge in [0.1, 0.15) is 11.9 Å². The Hall–Kier alpha value is -1.13. The molecular formula is C12H13BrN2O. The molecule has 4 heteroatoms. The summed E-state index contributed by atoms with van der Waals surface area (Å²) in [5, 5.41) is 2.09. The SMILES string of the molecule is CC(CN)Oc1ccc(Br)c2cnccc12. The van der Waals surface area contributed by atoms with Gasteiger partial charge < -0.3 is 10.5 Å². The minimum Gasteiger partial charge on any atom is -0.489 e. The van der Waals surface area contributed by atoms with Crippen molar-refractivity contribution >= 4 is 26.7 Å². The Labute approximate surface area is 103 Å². The van der Waals surface area contributed by atoms with Crippen molar-refractivity contribution in [2.24, 2.45) is 5.73 Å². The molecule has 84 valence electrons. The molecule has 0 bridgehead atoms. The van der Waals surface area contributed by atoms with Gasteiger partial charge >= 0.3 is 0 Å². The molecule has 1 aromatic heterocycles. The molecule has 0 saturated heterocycles. The molecule has 0 spiro atoms. The Kier molecular flexibility index (Phi) is 3.41. The van der Waals surface area contributed by atoms with E-state index in [1.54, 1.807) is 6.20 Å². The van der Waals surface area contributed by atoms with E-state index in [0.717, 1.165) is 21.0 Å². The van der Waals surface area contributed by atoms with Crippen molar-refractivity contribution < 1.29 is 4.74 Å². The van der Waals surface area contributed by atoms with Gasteiger partial charge in [-0.3, -0.25) is 4.98 Å². The lowest BCUT2D eigenvalue weighted by molar-refractivity contribution is 0.233. The highest BCUT2D eigenvalue weighted by atomic mass is 79.9. The van der Waals surface area contributed by atoms with Crippen LogP contribution >= 0.6 is 15.9 Å². The van der Waals surface area contributed by atoms with Crippen LogP contribution in [0.1, 0.15) is 6.92 Å². The minimum absolute atomic E-state index is 0.0116. The molecule has 0 amide bonds. The lowest BCUT2D eigenvalue weighted by Gasteiger charge is -2.14. The lowest BCUT2D eigenvalue weighted by atomic mass is 10.1. The second-order valence-electron chi connectivity index (χ2n) is 3.63. The summed E-state index contributed by atoms with van der Waals surface area (Å²) in [6.07, 6.45) is 3.59. The molecule has 1 unspecified atom stereocenters. The zero-order valence-electron chi connectivity index (χ0n) is 8.98. The van der Waals surface area contributed by atoms with Crippen molar-refractivity contribution in [3.8, 4) is 5.75 Å². The average Bonchev–Trinajstić information content (AvgIpc) is 2.33. The number of nitrogens with zero attached hydrogens (tertiary/aromatic N) is 1. The van der Waals surface area contributed by atoms with E-state index in [4.69, 9.17) is 10.5 Å². The molecule has 3 nitrogen and oxygen atoms in total. The molecule has 0 saturated carbocycles.